The summed E-state index contributed by atoms with van der Waals surface area (Å²) in [5, 5.41) is 60.5. The van der Waals surface area contributed by atoms with Crippen LogP contribution >= 0.6 is 0 Å². The number of benzene rings is 2. The van der Waals surface area contributed by atoms with Crippen LogP contribution in [0, 0.1) is 31.6 Å². The van der Waals surface area contributed by atoms with Gasteiger partial charge in [0.05, 0.1) is 9.85 Å². The molecule has 14 heteroatoms. The van der Waals surface area contributed by atoms with Crippen LogP contribution in [0.2, 0.25) is 0 Å². The summed E-state index contributed by atoms with van der Waals surface area (Å²) >= 11 is 0. The number of hydrogen-bond donors (Lipinski definition) is 4. The number of rotatable bonds is 13. The van der Waals surface area contributed by atoms with Crippen molar-refractivity contribution in [3.8, 4) is 0 Å². The molecule has 2 rings (SSSR count). The molecule has 2 unspecified atom stereocenters. The minimum atomic E-state index is -2.90. The number of ketones is 2. The molecule has 0 fully saturated rings. The quantitative estimate of drug-likeness (QED) is 0.100. The van der Waals surface area contributed by atoms with Crippen LogP contribution in [-0.2, 0) is 9.59 Å². The lowest BCUT2D eigenvalue weighted by atomic mass is 9.64. The second-order valence-electron chi connectivity index (χ2n) is 7.75. The number of carbonyl (C=O) groups excluding carboxylic acids is 2. The van der Waals surface area contributed by atoms with Crippen molar-refractivity contribution in [2.24, 2.45) is 11.3 Å². The largest absolute Gasteiger partial charge is 0.481 e. The molecule has 0 spiro atoms. The van der Waals surface area contributed by atoms with Crippen LogP contribution < -0.4 is 0 Å². The van der Waals surface area contributed by atoms with Gasteiger partial charge < -0.3 is 20.4 Å². The molecule has 0 aliphatic rings. The van der Waals surface area contributed by atoms with Crippen LogP contribution in [0.3, 0.4) is 0 Å². The molecule has 0 saturated heterocycles. The van der Waals surface area contributed by atoms with Gasteiger partial charge in [-0.2, -0.15) is 0 Å². The number of aliphatic carboxylic acids is 2. The van der Waals surface area contributed by atoms with Crippen LogP contribution in [0.5, 0.6) is 0 Å². The third kappa shape index (κ3) is 5.92. The van der Waals surface area contributed by atoms with Crippen LogP contribution in [-0.4, -0.2) is 60.1 Å². The molecule has 4 N–H and O–H groups in total. The van der Waals surface area contributed by atoms with Crippen molar-refractivity contribution >= 4 is 34.9 Å². The fraction of sp³-hybridized carbons (Fsp3) is 0.273. The van der Waals surface area contributed by atoms with Crippen molar-refractivity contribution in [1.29, 1.82) is 0 Å². The number of carboxylic acid groups (broad SMARTS) is 2. The Labute approximate surface area is 201 Å². The molecule has 0 aliphatic carbocycles. The number of aliphatic hydroxyl groups excluding tert-OH is 1. The van der Waals surface area contributed by atoms with Crippen molar-refractivity contribution in [1.82, 2.24) is 0 Å². The molecule has 14 nitrogen and oxygen atoms in total. The zero-order valence-electron chi connectivity index (χ0n) is 18.3. The van der Waals surface area contributed by atoms with E-state index in [1.54, 1.807) is 0 Å². The smallest absolute Gasteiger partial charge is 0.318 e. The van der Waals surface area contributed by atoms with Gasteiger partial charge in [0.1, 0.15) is 5.41 Å². The fourth-order valence-corrected chi connectivity index (χ4v) is 3.82. The van der Waals surface area contributed by atoms with Gasteiger partial charge in [0.2, 0.25) is 0 Å². The van der Waals surface area contributed by atoms with Crippen molar-refractivity contribution in [3.63, 3.8) is 0 Å². The first-order chi connectivity index (χ1) is 16.8. The van der Waals surface area contributed by atoms with Gasteiger partial charge in [0, 0.05) is 54.2 Å². The van der Waals surface area contributed by atoms with E-state index in [-0.39, 0.29) is 5.56 Å². The topological polar surface area (TPSA) is 235 Å². The Morgan fingerprint density at radius 3 is 1.61 bits per heavy atom. The second-order valence-corrected chi connectivity index (χ2v) is 7.75. The first-order valence-electron chi connectivity index (χ1n) is 10.2. The number of nitro benzene ring substituents is 2. The monoisotopic (exact) mass is 504 g/mol. The zero-order chi connectivity index (χ0) is 27.2. The van der Waals surface area contributed by atoms with E-state index in [1.807, 2.05) is 0 Å². The van der Waals surface area contributed by atoms with Crippen LogP contribution in [0.25, 0.3) is 0 Å². The van der Waals surface area contributed by atoms with Gasteiger partial charge in [-0.15, -0.1) is 0 Å². The highest BCUT2D eigenvalue weighted by atomic mass is 16.6. The molecule has 0 bridgehead atoms. The summed E-state index contributed by atoms with van der Waals surface area (Å²) in [7, 11) is 0. The Kier molecular flexibility index (Phi) is 8.65. The maximum Gasteiger partial charge on any atom is 0.318 e. The van der Waals surface area contributed by atoms with E-state index in [9.17, 15) is 54.7 Å². The normalized spacial score (nSPS) is 13.4. The van der Waals surface area contributed by atoms with Gasteiger partial charge in [-0.25, -0.2) is 0 Å². The molecular weight excluding hydrogens is 484 g/mol. The lowest BCUT2D eigenvalue weighted by Gasteiger charge is -2.35. The van der Waals surface area contributed by atoms with Crippen LogP contribution in [0.15, 0.2) is 48.5 Å². The van der Waals surface area contributed by atoms with E-state index < -0.39 is 87.2 Å². The Morgan fingerprint density at radius 1 is 0.806 bits per heavy atom. The van der Waals surface area contributed by atoms with Gasteiger partial charge >= 0.3 is 11.9 Å². The first kappa shape index (κ1) is 27.7. The minimum Gasteiger partial charge on any atom is -0.481 e. The average Bonchev–Trinajstić information content (AvgIpc) is 2.82. The predicted molar refractivity (Wildman–Crippen MR) is 118 cm³/mol. The molecule has 2 atom stereocenters. The summed E-state index contributed by atoms with van der Waals surface area (Å²) in [6, 6.07) is 7.53. The SMILES string of the molecule is O=C(O)CCC(C(=O)c1ccc([N+](=O)[O-])cc1)C(CC(O)O)(C(=O)O)C(=O)c1ccc([N+](=O)[O-])cc1. The number of non-ortho nitro benzene ring substituents is 2. The third-order valence-corrected chi connectivity index (χ3v) is 5.55. The molecule has 0 aliphatic heterocycles. The predicted octanol–water partition coefficient (Wildman–Crippen LogP) is 1.82. The molecule has 0 heterocycles. The number of carboxylic acids is 2. The van der Waals surface area contributed by atoms with Gasteiger partial charge in [-0.05, 0) is 30.7 Å². The third-order valence-electron chi connectivity index (χ3n) is 5.55. The molecule has 36 heavy (non-hydrogen) atoms. The number of hydrogen-bond acceptors (Lipinski definition) is 10. The minimum absolute atomic E-state index is 0.287. The van der Waals surface area contributed by atoms with Gasteiger partial charge in [-0.1, -0.05) is 0 Å². The van der Waals surface area contributed by atoms with Crippen molar-refractivity contribution in [2.75, 3.05) is 0 Å². The summed E-state index contributed by atoms with van der Waals surface area (Å²) in [5.41, 5.74) is -4.44. The lowest BCUT2D eigenvalue weighted by Crippen LogP contribution is -2.51. The number of nitrogens with zero attached hydrogens (tertiary/aromatic N) is 2. The molecule has 2 aromatic rings. The zero-order valence-corrected chi connectivity index (χ0v) is 18.3. The number of aliphatic hydroxyl groups is 2. The van der Waals surface area contributed by atoms with E-state index >= 15 is 0 Å². The standard InChI is InChI=1S/C22H20N2O12/c25-17(26)10-9-16(19(29)12-1-5-14(6-2-12)23(33)34)22(21(31)32,11-18(27)28)20(30)13-3-7-15(8-4-13)24(35)36/h1-8,16,18,27-28H,9-11H2,(H,25,26)(H,31,32). The average molecular weight is 504 g/mol. The highest BCUT2D eigenvalue weighted by Crippen LogP contribution is 2.42. The first-order valence-corrected chi connectivity index (χ1v) is 10.2. The Hall–Kier alpha value is -4.56. The maximum absolute atomic E-state index is 13.5. The maximum atomic E-state index is 13.5. The van der Waals surface area contributed by atoms with Crippen molar-refractivity contribution < 1.29 is 49.5 Å². The molecule has 0 radical (unpaired) electrons. The van der Waals surface area contributed by atoms with E-state index in [0.29, 0.717) is 0 Å². The van der Waals surface area contributed by atoms with E-state index in [0.717, 1.165) is 48.5 Å². The number of nitro groups is 2. The van der Waals surface area contributed by atoms with Gasteiger partial charge in [0.15, 0.2) is 17.9 Å². The lowest BCUT2D eigenvalue weighted by molar-refractivity contribution is -0.385. The second kappa shape index (κ2) is 11.2. The number of Topliss-reactive ketones (excluding diaryl/α,β-unsaturated/α-hetero) is 2. The summed E-state index contributed by atoms with van der Waals surface area (Å²) in [6.07, 6.45) is -5.16. The van der Waals surface area contributed by atoms with E-state index in [4.69, 9.17) is 5.11 Å². The van der Waals surface area contributed by atoms with E-state index in [1.165, 1.54) is 0 Å². The summed E-state index contributed by atoms with van der Waals surface area (Å²) in [4.78, 5) is 71.1. The van der Waals surface area contributed by atoms with Crippen molar-refractivity contribution in [3.05, 3.63) is 79.9 Å². The van der Waals surface area contributed by atoms with E-state index in [2.05, 4.69) is 0 Å². The van der Waals surface area contributed by atoms with Crippen LogP contribution in [0.1, 0.15) is 40.0 Å². The summed E-state index contributed by atoms with van der Waals surface area (Å²) in [5.74, 6) is -7.77. The molecular formula is C22H20N2O12. The van der Waals surface area contributed by atoms with Crippen molar-refractivity contribution in [2.45, 2.75) is 25.6 Å². The molecule has 2 aromatic carbocycles. The Bertz CT molecular complexity index is 1190. The summed E-state index contributed by atoms with van der Waals surface area (Å²) < 4.78 is 0. The van der Waals surface area contributed by atoms with Gasteiger partial charge in [0.25, 0.3) is 11.4 Å². The summed E-state index contributed by atoms with van der Waals surface area (Å²) in [6.45, 7) is 0. The molecule has 190 valence electrons. The highest BCUT2D eigenvalue weighted by molar-refractivity contribution is 6.16. The van der Waals surface area contributed by atoms with Crippen LogP contribution in [0.4, 0.5) is 11.4 Å². The fourth-order valence-electron chi connectivity index (χ4n) is 3.82. The Balaban J connectivity index is 2.72. The highest BCUT2D eigenvalue weighted by Gasteiger charge is 2.56. The number of carbonyl (C=O) groups is 4. The molecule has 0 amide bonds. The molecule has 0 aromatic heterocycles. The Morgan fingerprint density at radius 2 is 1.25 bits per heavy atom. The molecule has 0 saturated carbocycles. The van der Waals surface area contributed by atoms with Gasteiger partial charge in [-0.3, -0.25) is 39.4 Å².